The number of rotatable bonds is 70. The molecule has 6 nitrogen and oxygen atoms in total. The predicted octanol–water partition coefficient (Wildman–Crippen LogP) is 23.9. The molecule has 0 aliphatic heterocycles. The van der Waals surface area contributed by atoms with Crippen LogP contribution < -0.4 is 5.32 Å². The van der Waals surface area contributed by atoms with Crippen molar-refractivity contribution in [3.63, 3.8) is 0 Å². The van der Waals surface area contributed by atoms with Crippen LogP contribution in [-0.2, 0) is 14.3 Å². The van der Waals surface area contributed by atoms with Crippen molar-refractivity contribution in [2.24, 2.45) is 0 Å². The van der Waals surface area contributed by atoms with Gasteiger partial charge in [-0.1, -0.05) is 373 Å². The first-order valence-corrected chi connectivity index (χ1v) is 36.9. The molecule has 0 aromatic heterocycles. The summed E-state index contributed by atoms with van der Waals surface area (Å²) in [5, 5.41) is 23.4. The molecule has 0 spiro atoms. The van der Waals surface area contributed by atoms with Crippen LogP contribution in [0.1, 0.15) is 425 Å². The van der Waals surface area contributed by atoms with Crippen molar-refractivity contribution in [2.45, 2.75) is 437 Å². The van der Waals surface area contributed by atoms with E-state index in [1.54, 1.807) is 0 Å². The monoisotopic (exact) mass is 1130 g/mol. The van der Waals surface area contributed by atoms with Gasteiger partial charge < -0.3 is 20.3 Å². The molecule has 0 bridgehead atoms. The summed E-state index contributed by atoms with van der Waals surface area (Å²) in [4.78, 5) is 24.7. The molecule has 0 aromatic rings. The summed E-state index contributed by atoms with van der Waals surface area (Å²) in [7, 11) is 0. The molecule has 80 heavy (non-hydrogen) atoms. The minimum atomic E-state index is -0.669. The van der Waals surface area contributed by atoms with E-state index < -0.39 is 12.1 Å². The summed E-state index contributed by atoms with van der Waals surface area (Å²) in [5.74, 6) is -0.0190. The van der Waals surface area contributed by atoms with Gasteiger partial charge in [0.05, 0.1) is 25.4 Å². The lowest BCUT2D eigenvalue weighted by Gasteiger charge is -2.22. The average molecular weight is 1130 g/mol. The van der Waals surface area contributed by atoms with Crippen LogP contribution in [0.3, 0.4) is 0 Å². The molecular formula is C74H145NO5. The van der Waals surface area contributed by atoms with Crippen molar-refractivity contribution in [1.29, 1.82) is 0 Å². The fourth-order valence-electron chi connectivity index (χ4n) is 11.9. The molecule has 6 heteroatoms. The quantitative estimate of drug-likeness (QED) is 0.0320. The molecule has 2 unspecified atom stereocenters. The second-order valence-corrected chi connectivity index (χ2v) is 25.6. The number of hydrogen-bond donors (Lipinski definition) is 3. The molecule has 0 fully saturated rings. The Morgan fingerprint density at radius 1 is 0.338 bits per heavy atom. The number of aliphatic hydroxyl groups is 2. The largest absolute Gasteiger partial charge is 0.466 e. The van der Waals surface area contributed by atoms with Crippen molar-refractivity contribution in [3.8, 4) is 0 Å². The minimum Gasteiger partial charge on any atom is -0.466 e. The highest BCUT2D eigenvalue weighted by atomic mass is 16.5. The minimum absolute atomic E-state index is 0.0169. The van der Waals surface area contributed by atoms with E-state index in [9.17, 15) is 19.8 Å². The SMILES string of the molecule is CCCCCCCCCCCCCCCCCCCCCCCCCC(O)C(CO)NC(=O)CCCCCCCCC/C=C\CCCCCCCCCCCCCCOC(=O)CCCCCCCCCCCCCCCCCCC. The third-order valence-electron chi connectivity index (χ3n) is 17.6. The highest BCUT2D eigenvalue weighted by molar-refractivity contribution is 5.76. The van der Waals surface area contributed by atoms with Crippen molar-refractivity contribution < 1.29 is 24.5 Å². The van der Waals surface area contributed by atoms with Gasteiger partial charge >= 0.3 is 5.97 Å². The van der Waals surface area contributed by atoms with Crippen molar-refractivity contribution in [2.75, 3.05) is 13.2 Å². The van der Waals surface area contributed by atoms with Gasteiger partial charge in [0.2, 0.25) is 5.91 Å². The van der Waals surface area contributed by atoms with Gasteiger partial charge in [0.25, 0.3) is 0 Å². The molecule has 0 aliphatic rings. The van der Waals surface area contributed by atoms with Crippen LogP contribution in [0.15, 0.2) is 12.2 Å². The zero-order valence-electron chi connectivity index (χ0n) is 54.6. The lowest BCUT2D eigenvalue weighted by molar-refractivity contribution is -0.143. The van der Waals surface area contributed by atoms with Gasteiger partial charge in [-0.15, -0.1) is 0 Å². The van der Waals surface area contributed by atoms with Gasteiger partial charge in [0.1, 0.15) is 0 Å². The van der Waals surface area contributed by atoms with Crippen LogP contribution >= 0.6 is 0 Å². The number of carbonyl (C=O) groups is 2. The Morgan fingerprint density at radius 3 is 0.887 bits per heavy atom. The van der Waals surface area contributed by atoms with E-state index in [4.69, 9.17) is 4.74 Å². The van der Waals surface area contributed by atoms with Crippen LogP contribution in [-0.4, -0.2) is 47.4 Å². The second kappa shape index (κ2) is 70.1. The number of carbonyl (C=O) groups excluding carboxylic acids is 2. The zero-order valence-corrected chi connectivity index (χ0v) is 54.6. The normalized spacial score (nSPS) is 12.5. The second-order valence-electron chi connectivity index (χ2n) is 25.6. The van der Waals surface area contributed by atoms with Gasteiger partial charge in [-0.3, -0.25) is 9.59 Å². The first-order chi connectivity index (χ1) is 39.5. The Balaban J connectivity index is 3.39. The summed E-state index contributed by atoms with van der Waals surface area (Å²) < 4.78 is 5.51. The standard InChI is InChI=1S/C74H145NO5/c1-3-5-7-9-11-13-15-17-19-21-22-23-25-28-31-35-38-42-46-50-54-58-62-66-72(77)71(70-76)75-73(78)67-63-59-55-51-47-43-39-36-32-29-26-24-27-30-33-37-41-45-49-53-57-61-65-69-80-74(79)68-64-60-56-52-48-44-40-34-20-18-16-14-12-10-8-6-4-2/h29,32,71-72,76-77H,3-28,30-31,33-70H2,1-2H3,(H,75,78)/b32-29-. The van der Waals surface area contributed by atoms with E-state index in [1.807, 2.05) is 0 Å². The molecule has 0 aromatic carbocycles. The van der Waals surface area contributed by atoms with Crippen LogP contribution in [0.4, 0.5) is 0 Å². The maximum Gasteiger partial charge on any atom is 0.305 e. The molecule has 2 atom stereocenters. The van der Waals surface area contributed by atoms with E-state index in [1.165, 1.54) is 353 Å². The summed E-state index contributed by atoms with van der Waals surface area (Å²) >= 11 is 0. The van der Waals surface area contributed by atoms with Crippen molar-refractivity contribution >= 4 is 11.9 Å². The van der Waals surface area contributed by atoms with Gasteiger partial charge in [-0.05, 0) is 51.4 Å². The molecule has 0 saturated carbocycles. The zero-order chi connectivity index (χ0) is 57.8. The highest BCUT2D eigenvalue weighted by Crippen LogP contribution is 2.20. The van der Waals surface area contributed by atoms with Crippen LogP contribution in [0, 0.1) is 0 Å². The highest BCUT2D eigenvalue weighted by Gasteiger charge is 2.20. The summed E-state index contributed by atoms with van der Waals surface area (Å²) in [6.45, 7) is 5.00. The number of amides is 1. The Hall–Kier alpha value is -1.40. The Bertz CT molecular complexity index is 1210. The number of allylic oxidation sites excluding steroid dienone is 2. The molecule has 0 aliphatic carbocycles. The van der Waals surface area contributed by atoms with Crippen LogP contribution in [0.2, 0.25) is 0 Å². The van der Waals surface area contributed by atoms with E-state index >= 15 is 0 Å². The lowest BCUT2D eigenvalue weighted by Crippen LogP contribution is -2.45. The van der Waals surface area contributed by atoms with Crippen molar-refractivity contribution in [1.82, 2.24) is 5.32 Å². The van der Waals surface area contributed by atoms with Gasteiger partial charge in [-0.25, -0.2) is 0 Å². The molecule has 476 valence electrons. The summed E-state index contributed by atoms with van der Waals surface area (Å²) in [5.41, 5.74) is 0. The smallest absolute Gasteiger partial charge is 0.305 e. The third-order valence-corrected chi connectivity index (χ3v) is 17.6. The lowest BCUT2D eigenvalue weighted by atomic mass is 10.0. The molecule has 1 amide bonds. The maximum atomic E-state index is 12.6. The molecular weight excluding hydrogens is 983 g/mol. The number of aliphatic hydroxyl groups excluding tert-OH is 2. The fourth-order valence-corrected chi connectivity index (χ4v) is 11.9. The van der Waals surface area contributed by atoms with E-state index in [-0.39, 0.29) is 18.5 Å². The Kier molecular flexibility index (Phi) is 68.9. The molecule has 3 N–H and O–H groups in total. The number of unbranched alkanes of at least 4 members (excludes halogenated alkanes) is 57. The Morgan fingerprint density at radius 2 is 0.588 bits per heavy atom. The number of nitrogens with one attached hydrogen (secondary N) is 1. The van der Waals surface area contributed by atoms with Gasteiger partial charge in [0.15, 0.2) is 0 Å². The fraction of sp³-hybridized carbons (Fsp3) is 0.946. The first-order valence-electron chi connectivity index (χ1n) is 36.9. The molecule has 0 radical (unpaired) electrons. The van der Waals surface area contributed by atoms with E-state index in [0.29, 0.717) is 25.9 Å². The third kappa shape index (κ3) is 65.7. The van der Waals surface area contributed by atoms with E-state index in [2.05, 4.69) is 31.3 Å². The van der Waals surface area contributed by atoms with Gasteiger partial charge in [-0.2, -0.15) is 0 Å². The van der Waals surface area contributed by atoms with Crippen LogP contribution in [0.25, 0.3) is 0 Å². The summed E-state index contributed by atoms with van der Waals surface area (Å²) in [6, 6.07) is -0.547. The Labute approximate surface area is 501 Å². The topological polar surface area (TPSA) is 95.9 Å². The number of esters is 1. The first kappa shape index (κ1) is 78.6. The maximum absolute atomic E-state index is 12.6. The van der Waals surface area contributed by atoms with Crippen LogP contribution in [0.5, 0.6) is 0 Å². The average Bonchev–Trinajstić information content (AvgIpc) is 3.46. The molecule has 0 heterocycles. The predicted molar refractivity (Wildman–Crippen MR) is 352 cm³/mol. The van der Waals surface area contributed by atoms with Gasteiger partial charge in [0, 0.05) is 12.8 Å². The molecule has 0 saturated heterocycles. The number of ether oxygens (including phenoxy) is 1. The van der Waals surface area contributed by atoms with E-state index in [0.717, 1.165) is 38.5 Å². The van der Waals surface area contributed by atoms with Crippen molar-refractivity contribution in [3.05, 3.63) is 12.2 Å². The molecule has 0 rings (SSSR count). The number of hydrogen-bond acceptors (Lipinski definition) is 5. The summed E-state index contributed by atoms with van der Waals surface area (Å²) in [6.07, 6.45) is 87.0.